The summed E-state index contributed by atoms with van der Waals surface area (Å²) in [4.78, 5) is 13.9. The molecule has 0 aliphatic heterocycles. The van der Waals surface area contributed by atoms with Crippen LogP contribution in [0.25, 0.3) is 0 Å². The van der Waals surface area contributed by atoms with Gasteiger partial charge in [-0.2, -0.15) is 0 Å². The second-order valence-corrected chi connectivity index (χ2v) is 3.53. The third-order valence-corrected chi connectivity index (χ3v) is 2.27. The fourth-order valence-corrected chi connectivity index (χ4v) is 1.42. The molecule has 2 aromatic rings. The van der Waals surface area contributed by atoms with E-state index in [4.69, 9.17) is 0 Å². The van der Waals surface area contributed by atoms with E-state index in [1.165, 1.54) is 12.3 Å². The first-order valence-electron chi connectivity index (χ1n) is 5.13. The van der Waals surface area contributed by atoms with Gasteiger partial charge in [-0.05, 0) is 5.56 Å². The Morgan fingerprint density at radius 1 is 1.24 bits per heavy atom. The van der Waals surface area contributed by atoms with Crippen molar-refractivity contribution in [1.82, 2.24) is 4.98 Å². The molecular formula is C12H11N3O2. The van der Waals surface area contributed by atoms with Crippen LogP contribution in [0.15, 0.2) is 48.8 Å². The van der Waals surface area contributed by atoms with Crippen LogP contribution in [0.1, 0.15) is 5.56 Å². The molecule has 17 heavy (non-hydrogen) atoms. The minimum absolute atomic E-state index is 0.0111. The number of nitro groups is 1. The molecule has 1 heterocycles. The van der Waals surface area contributed by atoms with Crippen LogP contribution in [0.4, 0.5) is 11.4 Å². The van der Waals surface area contributed by atoms with Gasteiger partial charge in [0.05, 0.1) is 16.8 Å². The lowest BCUT2D eigenvalue weighted by Gasteiger charge is -2.05. The summed E-state index contributed by atoms with van der Waals surface area (Å²) in [6.45, 7) is 0.615. The number of hydrogen-bond donors (Lipinski definition) is 1. The molecular weight excluding hydrogens is 218 g/mol. The second kappa shape index (κ2) is 5.07. The Morgan fingerprint density at radius 2 is 2.00 bits per heavy atom. The van der Waals surface area contributed by atoms with Crippen molar-refractivity contribution in [3.8, 4) is 0 Å². The first kappa shape index (κ1) is 11.1. The number of pyridine rings is 1. The Morgan fingerprint density at radius 3 is 2.71 bits per heavy atom. The highest BCUT2D eigenvalue weighted by Crippen LogP contribution is 2.15. The minimum Gasteiger partial charge on any atom is -0.380 e. The topological polar surface area (TPSA) is 68.1 Å². The van der Waals surface area contributed by atoms with Crippen LogP contribution in [0.2, 0.25) is 0 Å². The molecule has 0 radical (unpaired) electrons. The van der Waals surface area contributed by atoms with E-state index in [-0.39, 0.29) is 5.69 Å². The Balaban J connectivity index is 2.04. The molecule has 0 fully saturated rings. The van der Waals surface area contributed by atoms with Crippen molar-refractivity contribution in [2.75, 3.05) is 5.32 Å². The molecule has 5 nitrogen and oxygen atoms in total. The summed E-state index contributed by atoms with van der Waals surface area (Å²) in [6.07, 6.45) is 2.80. The Labute approximate surface area is 98.3 Å². The largest absolute Gasteiger partial charge is 0.380 e. The average Bonchev–Trinajstić information content (AvgIpc) is 2.38. The summed E-state index contributed by atoms with van der Waals surface area (Å²) >= 11 is 0. The van der Waals surface area contributed by atoms with Gasteiger partial charge in [-0.3, -0.25) is 15.1 Å². The lowest BCUT2D eigenvalue weighted by Crippen LogP contribution is -2.00. The van der Waals surface area contributed by atoms with Crippen molar-refractivity contribution in [1.29, 1.82) is 0 Å². The molecule has 0 saturated heterocycles. The van der Waals surface area contributed by atoms with E-state index in [1.807, 2.05) is 30.3 Å². The zero-order chi connectivity index (χ0) is 12.1. The predicted octanol–water partition coefficient (Wildman–Crippen LogP) is 2.60. The van der Waals surface area contributed by atoms with Crippen LogP contribution < -0.4 is 5.32 Å². The number of hydrogen-bond acceptors (Lipinski definition) is 4. The SMILES string of the molecule is O=[N+]([O-])c1cncc(NCc2ccccc2)c1. The van der Waals surface area contributed by atoms with Gasteiger partial charge in [-0.1, -0.05) is 30.3 Å². The number of nitrogens with zero attached hydrogens (tertiary/aromatic N) is 2. The summed E-state index contributed by atoms with van der Waals surface area (Å²) < 4.78 is 0. The van der Waals surface area contributed by atoms with Crippen LogP contribution in [0.3, 0.4) is 0 Å². The van der Waals surface area contributed by atoms with E-state index >= 15 is 0 Å². The monoisotopic (exact) mass is 229 g/mol. The van der Waals surface area contributed by atoms with Crippen LogP contribution in [0, 0.1) is 10.1 Å². The third-order valence-electron chi connectivity index (χ3n) is 2.27. The van der Waals surface area contributed by atoms with Gasteiger partial charge >= 0.3 is 0 Å². The molecule has 0 aliphatic rings. The molecule has 5 heteroatoms. The van der Waals surface area contributed by atoms with E-state index in [2.05, 4.69) is 10.3 Å². The van der Waals surface area contributed by atoms with E-state index in [1.54, 1.807) is 6.20 Å². The summed E-state index contributed by atoms with van der Waals surface area (Å²) in [5.41, 5.74) is 1.74. The summed E-state index contributed by atoms with van der Waals surface area (Å²) in [5, 5.41) is 13.7. The number of anilines is 1. The van der Waals surface area contributed by atoms with Crippen molar-refractivity contribution < 1.29 is 4.92 Å². The van der Waals surface area contributed by atoms with Crippen molar-refractivity contribution in [3.05, 3.63) is 64.5 Å². The number of benzene rings is 1. The van der Waals surface area contributed by atoms with E-state index in [0.29, 0.717) is 12.2 Å². The van der Waals surface area contributed by atoms with Gasteiger partial charge in [-0.15, -0.1) is 0 Å². The third kappa shape index (κ3) is 3.01. The molecule has 0 bridgehead atoms. The van der Waals surface area contributed by atoms with Crippen molar-refractivity contribution >= 4 is 11.4 Å². The molecule has 1 aromatic carbocycles. The molecule has 2 rings (SSSR count). The summed E-state index contributed by atoms with van der Waals surface area (Å²) in [7, 11) is 0. The second-order valence-electron chi connectivity index (χ2n) is 3.53. The molecule has 86 valence electrons. The van der Waals surface area contributed by atoms with Gasteiger partial charge in [0, 0.05) is 12.6 Å². The zero-order valence-corrected chi connectivity index (χ0v) is 9.04. The Bertz CT molecular complexity index is 514. The molecule has 1 aromatic heterocycles. The molecule has 0 spiro atoms. The highest BCUT2D eigenvalue weighted by Gasteiger charge is 2.06. The maximum Gasteiger partial charge on any atom is 0.289 e. The van der Waals surface area contributed by atoms with Crippen LogP contribution >= 0.6 is 0 Å². The first-order valence-corrected chi connectivity index (χ1v) is 5.13. The number of rotatable bonds is 4. The van der Waals surface area contributed by atoms with Crippen molar-refractivity contribution in [2.45, 2.75) is 6.54 Å². The zero-order valence-electron chi connectivity index (χ0n) is 9.04. The fourth-order valence-electron chi connectivity index (χ4n) is 1.42. The standard InChI is InChI=1S/C12H11N3O2/c16-15(17)12-6-11(8-13-9-12)14-7-10-4-2-1-3-5-10/h1-6,8-9,14H,7H2. The first-order chi connectivity index (χ1) is 8.25. The molecule has 0 atom stereocenters. The average molecular weight is 229 g/mol. The van der Waals surface area contributed by atoms with Gasteiger partial charge in [0.25, 0.3) is 5.69 Å². The summed E-state index contributed by atoms with van der Waals surface area (Å²) in [6, 6.07) is 11.3. The number of nitrogens with one attached hydrogen (secondary N) is 1. The van der Waals surface area contributed by atoms with E-state index in [9.17, 15) is 10.1 Å². The Hall–Kier alpha value is -2.43. The van der Waals surface area contributed by atoms with Crippen molar-refractivity contribution in [3.63, 3.8) is 0 Å². The smallest absolute Gasteiger partial charge is 0.289 e. The molecule has 1 N–H and O–H groups in total. The van der Waals surface area contributed by atoms with Gasteiger partial charge < -0.3 is 5.32 Å². The normalized spacial score (nSPS) is 9.88. The molecule has 0 unspecified atom stereocenters. The lowest BCUT2D eigenvalue weighted by atomic mass is 10.2. The van der Waals surface area contributed by atoms with Gasteiger partial charge in [-0.25, -0.2) is 0 Å². The maximum absolute atomic E-state index is 10.6. The van der Waals surface area contributed by atoms with E-state index < -0.39 is 4.92 Å². The lowest BCUT2D eigenvalue weighted by molar-refractivity contribution is -0.385. The van der Waals surface area contributed by atoms with Crippen LogP contribution in [0.5, 0.6) is 0 Å². The van der Waals surface area contributed by atoms with Crippen molar-refractivity contribution in [2.24, 2.45) is 0 Å². The van der Waals surface area contributed by atoms with E-state index in [0.717, 1.165) is 5.56 Å². The Kier molecular flexibility index (Phi) is 3.30. The highest BCUT2D eigenvalue weighted by atomic mass is 16.6. The van der Waals surface area contributed by atoms with Crippen LogP contribution in [-0.4, -0.2) is 9.91 Å². The predicted molar refractivity (Wildman–Crippen MR) is 64.7 cm³/mol. The highest BCUT2D eigenvalue weighted by molar-refractivity contribution is 5.48. The quantitative estimate of drug-likeness (QED) is 0.646. The molecule has 0 saturated carbocycles. The molecule has 0 aliphatic carbocycles. The number of aromatic nitrogens is 1. The van der Waals surface area contributed by atoms with Gasteiger partial charge in [0.15, 0.2) is 0 Å². The fraction of sp³-hybridized carbons (Fsp3) is 0.0833. The molecule has 0 amide bonds. The van der Waals surface area contributed by atoms with Gasteiger partial charge in [0.2, 0.25) is 0 Å². The maximum atomic E-state index is 10.6. The minimum atomic E-state index is -0.458. The van der Waals surface area contributed by atoms with Crippen LogP contribution in [-0.2, 0) is 6.54 Å². The van der Waals surface area contributed by atoms with Gasteiger partial charge in [0.1, 0.15) is 6.20 Å². The summed E-state index contributed by atoms with van der Waals surface area (Å²) in [5.74, 6) is 0.